The van der Waals surface area contributed by atoms with Crippen LogP contribution >= 0.6 is 0 Å². The van der Waals surface area contributed by atoms with E-state index in [4.69, 9.17) is 5.73 Å². The van der Waals surface area contributed by atoms with Crippen molar-refractivity contribution in [1.82, 2.24) is 9.97 Å². The topological polar surface area (TPSA) is 88.8 Å². The van der Waals surface area contributed by atoms with Gasteiger partial charge in [0, 0.05) is 36.7 Å². The standard InChI is InChI=1S/C24H31F2N3O2/c25-24(26)11-9-16(15-7-5-3-1-2-4-6-8-15)17(14-24)19-13-20(30)21-18(29-19)10-12-28-22(21)23(27)31/h10,12-13,15-17H,1-9,11,14H2,(H2,27,31)(H,29,30). The number of alkyl halides is 2. The SMILES string of the molecule is NC(=O)c1nccc2[nH]c(C3CC(F)(F)CCC3C3CCCCCCCC3)cc(=O)c12. The maximum absolute atomic E-state index is 14.5. The van der Waals surface area contributed by atoms with Gasteiger partial charge >= 0.3 is 0 Å². The molecular formula is C24H31F2N3O2. The van der Waals surface area contributed by atoms with Crippen LogP contribution in [0, 0.1) is 11.8 Å². The van der Waals surface area contributed by atoms with Crippen LogP contribution in [0.1, 0.15) is 92.7 Å². The lowest BCUT2D eigenvalue weighted by Gasteiger charge is -2.40. The van der Waals surface area contributed by atoms with Gasteiger partial charge in [0.25, 0.3) is 5.91 Å². The number of H-pyrrole nitrogens is 1. The van der Waals surface area contributed by atoms with Crippen molar-refractivity contribution in [2.45, 2.75) is 82.5 Å². The van der Waals surface area contributed by atoms with Crippen molar-refractivity contribution in [1.29, 1.82) is 0 Å². The number of rotatable bonds is 3. The molecule has 3 N–H and O–H groups in total. The van der Waals surface area contributed by atoms with E-state index < -0.39 is 23.2 Å². The zero-order chi connectivity index (χ0) is 22.0. The van der Waals surface area contributed by atoms with E-state index in [0.717, 1.165) is 25.7 Å². The fourth-order valence-electron chi connectivity index (χ4n) is 5.76. The summed E-state index contributed by atoms with van der Waals surface area (Å²) in [4.78, 5) is 31.7. The summed E-state index contributed by atoms with van der Waals surface area (Å²) in [5.74, 6) is -3.39. The normalized spacial score (nSPS) is 25.5. The highest BCUT2D eigenvalue weighted by Crippen LogP contribution is 2.49. The number of aromatic nitrogens is 2. The van der Waals surface area contributed by atoms with Crippen LogP contribution in [-0.4, -0.2) is 21.8 Å². The predicted octanol–water partition coefficient (Wildman–Crippen LogP) is 5.29. The van der Waals surface area contributed by atoms with Crippen molar-refractivity contribution >= 4 is 16.8 Å². The molecule has 0 spiro atoms. The second kappa shape index (κ2) is 9.05. The van der Waals surface area contributed by atoms with Crippen LogP contribution in [0.3, 0.4) is 0 Å². The summed E-state index contributed by atoms with van der Waals surface area (Å²) in [7, 11) is 0. The average Bonchev–Trinajstić information content (AvgIpc) is 2.86. The molecule has 31 heavy (non-hydrogen) atoms. The number of nitrogens with two attached hydrogens (primary N) is 1. The quantitative estimate of drug-likeness (QED) is 0.692. The molecule has 4 rings (SSSR count). The molecule has 2 aliphatic rings. The summed E-state index contributed by atoms with van der Waals surface area (Å²) < 4.78 is 29.0. The van der Waals surface area contributed by atoms with Crippen LogP contribution in [0.15, 0.2) is 23.1 Å². The van der Waals surface area contributed by atoms with E-state index >= 15 is 0 Å². The van der Waals surface area contributed by atoms with Crippen molar-refractivity contribution in [2.24, 2.45) is 17.6 Å². The Kier molecular flexibility index (Phi) is 6.39. The molecule has 2 aromatic heterocycles. The minimum atomic E-state index is -2.73. The van der Waals surface area contributed by atoms with E-state index in [2.05, 4.69) is 9.97 Å². The number of pyridine rings is 2. The Morgan fingerprint density at radius 2 is 1.77 bits per heavy atom. The minimum absolute atomic E-state index is 0.0851. The third kappa shape index (κ3) is 4.80. The number of hydrogen-bond donors (Lipinski definition) is 2. The number of amides is 1. The molecular weight excluding hydrogens is 400 g/mol. The molecule has 2 heterocycles. The molecule has 2 atom stereocenters. The first-order chi connectivity index (χ1) is 14.9. The summed E-state index contributed by atoms with van der Waals surface area (Å²) in [6.45, 7) is 0. The summed E-state index contributed by atoms with van der Waals surface area (Å²) in [6, 6.07) is 2.99. The van der Waals surface area contributed by atoms with Gasteiger partial charge in [0.05, 0.1) is 10.9 Å². The Labute approximate surface area is 180 Å². The first-order valence-corrected chi connectivity index (χ1v) is 11.6. The number of carbonyl (C=O) groups is 1. The first kappa shape index (κ1) is 21.9. The van der Waals surface area contributed by atoms with Gasteiger partial charge in [-0.05, 0) is 24.3 Å². The highest BCUT2D eigenvalue weighted by molar-refractivity contribution is 6.03. The zero-order valence-electron chi connectivity index (χ0n) is 17.8. The fraction of sp³-hybridized carbons (Fsp3) is 0.625. The second-order valence-corrected chi connectivity index (χ2v) is 9.36. The molecule has 168 valence electrons. The third-order valence-electron chi connectivity index (χ3n) is 7.28. The van der Waals surface area contributed by atoms with Crippen LogP contribution in [0.5, 0.6) is 0 Å². The molecule has 2 fully saturated rings. The van der Waals surface area contributed by atoms with Gasteiger partial charge < -0.3 is 10.7 Å². The molecule has 2 aromatic rings. The van der Waals surface area contributed by atoms with Crippen molar-refractivity contribution in [3.8, 4) is 0 Å². The molecule has 7 heteroatoms. The van der Waals surface area contributed by atoms with Gasteiger partial charge in [0.15, 0.2) is 5.43 Å². The molecule has 2 aliphatic carbocycles. The van der Waals surface area contributed by atoms with E-state index in [-0.39, 0.29) is 29.8 Å². The Morgan fingerprint density at radius 1 is 1.10 bits per heavy atom. The van der Waals surface area contributed by atoms with E-state index in [9.17, 15) is 18.4 Å². The first-order valence-electron chi connectivity index (χ1n) is 11.6. The van der Waals surface area contributed by atoms with Crippen LogP contribution in [-0.2, 0) is 0 Å². The van der Waals surface area contributed by atoms with Gasteiger partial charge in [0.1, 0.15) is 5.69 Å². The van der Waals surface area contributed by atoms with E-state index in [1.807, 2.05) is 0 Å². The van der Waals surface area contributed by atoms with Gasteiger partial charge in [-0.3, -0.25) is 14.6 Å². The van der Waals surface area contributed by atoms with Gasteiger partial charge in [-0.15, -0.1) is 0 Å². The number of halogens is 2. The van der Waals surface area contributed by atoms with Crippen molar-refractivity contribution in [3.63, 3.8) is 0 Å². The lowest BCUT2D eigenvalue weighted by atomic mass is 9.67. The predicted molar refractivity (Wildman–Crippen MR) is 116 cm³/mol. The summed E-state index contributed by atoms with van der Waals surface area (Å²) >= 11 is 0. The summed E-state index contributed by atoms with van der Waals surface area (Å²) in [5, 5.41) is 0.125. The number of hydrogen-bond acceptors (Lipinski definition) is 3. The Morgan fingerprint density at radius 3 is 2.45 bits per heavy atom. The molecule has 0 saturated heterocycles. The number of nitrogens with zero attached hydrogens (tertiary/aromatic N) is 1. The van der Waals surface area contributed by atoms with Gasteiger partial charge in [-0.2, -0.15) is 0 Å². The van der Waals surface area contributed by atoms with Crippen molar-refractivity contribution in [3.05, 3.63) is 39.9 Å². The molecule has 0 aliphatic heterocycles. The number of carbonyl (C=O) groups excluding carboxylic acids is 1. The minimum Gasteiger partial charge on any atom is -0.364 e. The van der Waals surface area contributed by atoms with Crippen LogP contribution in [0.25, 0.3) is 10.9 Å². The third-order valence-corrected chi connectivity index (χ3v) is 7.28. The molecule has 1 amide bonds. The maximum atomic E-state index is 14.5. The van der Waals surface area contributed by atoms with Gasteiger partial charge in [-0.25, -0.2) is 8.78 Å². The van der Waals surface area contributed by atoms with E-state index in [0.29, 0.717) is 23.5 Å². The fourth-order valence-corrected chi connectivity index (χ4v) is 5.76. The average molecular weight is 432 g/mol. The van der Waals surface area contributed by atoms with Crippen LogP contribution in [0.2, 0.25) is 0 Å². The van der Waals surface area contributed by atoms with Crippen molar-refractivity contribution in [2.75, 3.05) is 0 Å². The molecule has 0 aromatic carbocycles. The summed E-state index contributed by atoms with van der Waals surface area (Å²) in [5.41, 5.74) is 5.85. The number of primary amides is 1. The second-order valence-electron chi connectivity index (χ2n) is 9.36. The molecule has 0 bridgehead atoms. The molecule has 5 nitrogen and oxygen atoms in total. The Balaban J connectivity index is 1.73. The summed E-state index contributed by atoms with van der Waals surface area (Å²) in [6.07, 6.45) is 10.9. The highest BCUT2D eigenvalue weighted by Gasteiger charge is 2.44. The van der Waals surface area contributed by atoms with Gasteiger partial charge in [-0.1, -0.05) is 51.4 Å². The van der Waals surface area contributed by atoms with E-state index in [1.54, 1.807) is 6.07 Å². The maximum Gasteiger partial charge on any atom is 0.268 e. The largest absolute Gasteiger partial charge is 0.364 e. The van der Waals surface area contributed by atoms with Gasteiger partial charge in [0.2, 0.25) is 5.92 Å². The zero-order valence-corrected chi connectivity index (χ0v) is 17.8. The Hall–Kier alpha value is -2.31. The number of aromatic amines is 1. The molecule has 0 radical (unpaired) electrons. The van der Waals surface area contributed by atoms with Crippen LogP contribution < -0.4 is 11.2 Å². The highest BCUT2D eigenvalue weighted by atomic mass is 19.3. The monoisotopic (exact) mass is 431 g/mol. The van der Waals surface area contributed by atoms with Crippen molar-refractivity contribution < 1.29 is 13.6 Å². The lowest BCUT2D eigenvalue weighted by molar-refractivity contribution is -0.0639. The number of nitrogens with one attached hydrogen (secondary N) is 1. The molecule has 2 saturated carbocycles. The van der Waals surface area contributed by atoms with E-state index in [1.165, 1.54) is 37.9 Å². The smallest absolute Gasteiger partial charge is 0.268 e. The Bertz CT molecular complexity index is 994. The number of fused-ring (bicyclic) bond motifs is 1. The van der Waals surface area contributed by atoms with Crippen LogP contribution in [0.4, 0.5) is 8.78 Å². The lowest BCUT2D eigenvalue weighted by Crippen LogP contribution is -2.36. The molecule has 2 unspecified atom stereocenters.